The van der Waals surface area contributed by atoms with Gasteiger partial charge in [0.1, 0.15) is 11.3 Å². The fourth-order valence-electron chi connectivity index (χ4n) is 5.66. The third-order valence-corrected chi connectivity index (χ3v) is 8.29. The first kappa shape index (κ1) is 38.7. The zero-order chi connectivity index (χ0) is 39.5. The van der Waals surface area contributed by atoms with Crippen LogP contribution in [0.3, 0.4) is 0 Å². The summed E-state index contributed by atoms with van der Waals surface area (Å²) in [6.07, 6.45) is -3.11. The van der Waals surface area contributed by atoms with E-state index < -0.39 is 64.7 Å². The topological polar surface area (TPSA) is 174 Å². The van der Waals surface area contributed by atoms with Gasteiger partial charge >= 0.3 is 30.1 Å². The van der Waals surface area contributed by atoms with E-state index in [1.165, 1.54) is 39.2 Å². The quantitative estimate of drug-likeness (QED) is 0.136. The molecule has 1 N–H and O–H groups in total. The Morgan fingerprint density at radius 3 is 2.24 bits per heavy atom. The molecule has 282 valence electrons. The number of anilines is 3. The molecule has 0 aliphatic carbocycles. The van der Waals surface area contributed by atoms with Gasteiger partial charge in [0.2, 0.25) is 12.0 Å². The lowest BCUT2D eigenvalue weighted by molar-refractivity contribution is -0.147. The monoisotopic (exact) mass is 750 g/mol. The van der Waals surface area contributed by atoms with Crippen LogP contribution in [-0.4, -0.2) is 53.7 Å². The Morgan fingerprint density at radius 1 is 1.00 bits per heavy atom. The Bertz CT molecular complexity index is 2090. The van der Waals surface area contributed by atoms with Gasteiger partial charge in [-0.2, -0.15) is 18.4 Å². The molecular formula is C37H33F3N4O10. The smallest absolute Gasteiger partial charge is 0.417 e. The number of carbonyl (C=O) groups excluding carboxylic acids is 5. The zero-order valence-electron chi connectivity index (χ0n) is 29.5. The van der Waals surface area contributed by atoms with E-state index in [-0.39, 0.29) is 35.1 Å². The third-order valence-electron chi connectivity index (χ3n) is 8.29. The summed E-state index contributed by atoms with van der Waals surface area (Å²) in [5.41, 5.74) is -3.08. The van der Waals surface area contributed by atoms with Gasteiger partial charge in [-0.25, -0.2) is 14.5 Å². The molecule has 1 fully saturated rings. The highest BCUT2D eigenvalue weighted by Gasteiger charge is 2.52. The molecule has 3 amide bonds. The van der Waals surface area contributed by atoms with Crippen molar-refractivity contribution < 1.29 is 60.8 Å². The number of imide groups is 1. The number of urea groups is 1. The van der Waals surface area contributed by atoms with E-state index in [1.54, 1.807) is 30.3 Å². The van der Waals surface area contributed by atoms with Crippen LogP contribution in [0.2, 0.25) is 0 Å². The van der Waals surface area contributed by atoms with Gasteiger partial charge in [-0.1, -0.05) is 0 Å². The second-order valence-electron chi connectivity index (χ2n) is 12.5. The normalized spacial score (nSPS) is 16.5. The van der Waals surface area contributed by atoms with Crippen molar-refractivity contribution in [3.8, 4) is 23.3 Å². The Morgan fingerprint density at radius 2 is 1.65 bits per heavy atom. The number of nitrogens with one attached hydrogen (secondary N) is 1. The van der Waals surface area contributed by atoms with Crippen LogP contribution >= 0.6 is 0 Å². The molecule has 0 spiro atoms. The zero-order valence-corrected chi connectivity index (χ0v) is 29.5. The molecular weight excluding hydrogens is 717 g/mol. The molecule has 0 radical (unpaired) electrons. The molecule has 0 bridgehead atoms. The van der Waals surface area contributed by atoms with Crippen molar-refractivity contribution in [2.45, 2.75) is 65.1 Å². The lowest BCUT2D eigenvalue weighted by Gasteiger charge is -2.29. The number of amides is 3. The number of carbonyl (C=O) groups is 5. The number of allylic oxidation sites excluding steroid dienone is 1. The average Bonchev–Trinajstić information content (AvgIpc) is 3.27. The van der Waals surface area contributed by atoms with E-state index in [4.69, 9.17) is 23.7 Å². The first-order valence-electron chi connectivity index (χ1n) is 16.2. The molecule has 2 heterocycles. The van der Waals surface area contributed by atoms with Crippen LogP contribution in [0.25, 0.3) is 0 Å². The maximum Gasteiger partial charge on any atom is 0.417 e. The number of alkyl halides is 3. The van der Waals surface area contributed by atoms with Crippen molar-refractivity contribution in [3.05, 3.63) is 83.1 Å². The third kappa shape index (κ3) is 8.22. The number of rotatable bonds is 10. The van der Waals surface area contributed by atoms with E-state index in [2.05, 4.69) is 5.32 Å². The van der Waals surface area contributed by atoms with Gasteiger partial charge in [-0.15, -0.1) is 0 Å². The summed E-state index contributed by atoms with van der Waals surface area (Å²) in [6.45, 7) is 4.72. The van der Waals surface area contributed by atoms with Gasteiger partial charge in [0.05, 0.1) is 36.5 Å². The molecule has 3 aromatic rings. The number of ether oxygens (including phenoxy) is 5. The van der Waals surface area contributed by atoms with Crippen molar-refractivity contribution in [2.24, 2.45) is 0 Å². The van der Waals surface area contributed by atoms with Crippen LogP contribution in [0, 0.1) is 11.3 Å². The molecule has 5 rings (SSSR count). The van der Waals surface area contributed by atoms with Gasteiger partial charge in [-0.3, -0.25) is 14.4 Å². The van der Waals surface area contributed by atoms with Crippen molar-refractivity contribution >= 4 is 46.9 Å². The second-order valence-corrected chi connectivity index (χ2v) is 12.5. The predicted molar refractivity (Wildman–Crippen MR) is 182 cm³/mol. The van der Waals surface area contributed by atoms with E-state index in [1.807, 2.05) is 0 Å². The van der Waals surface area contributed by atoms with Crippen molar-refractivity contribution in [1.82, 2.24) is 4.90 Å². The molecule has 1 saturated heterocycles. The maximum atomic E-state index is 13.9. The molecule has 0 saturated carbocycles. The molecule has 1 atom stereocenters. The number of nitrogens with zero attached hydrogens (tertiary/aromatic N) is 3. The molecule has 17 heteroatoms. The highest BCUT2D eigenvalue weighted by Crippen LogP contribution is 2.41. The van der Waals surface area contributed by atoms with Crippen molar-refractivity contribution in [3.63, 3.8) is 0 Å². The van der Waals surface area contributed by atoms with Crippen LogP contribution in [-0.2, 0) is 41.4 Å². The molecule has 2 aliphatic rings. The number of benzene rings is 3. The SMILES string of the molecule is COC(=O)C1=CCCC(Oc2ccc(Nc3cc(OC(C)=O)c(OC(C)=O)cc3CN3C(=O)N(c4ccc(C#N)c(C(F)(F)F)c4)C(=O)C3(C)C)cc2)O1. The van der Waals surface area contributed by atoms with Gasteiger partial charge in [-0.05, 0) is 80.4 Å². The summed E-state index contributed by atoms with van der Waals surface area (Å²) in [4.78, 5) is 65.2. The summed E-state index contributed by atoms with van der Waals surface area (Å²) in [6, 6.07) is 12.2. The van der Waals surface area contributed by atoms with Gasteiger partial charge in [0.25, 0.3) is 5.91 Å². The number of hydrogen-bond acceptors (Lipinski definition) is 12. The Hall–Kier alpha value is -6.57. The number of esters is 3. The molecule has 54 heavy (non-hydrogen) atoms. The predicted octanol–water partition coefficient (Wildman–Crippen LogP) is 6.49. The minimum Gasteiger partial charge on any atom is -0.463 e. The van der Waals surface area contributed by atoms with E-state index in [0.717, 1.165) is 30.9 Å². The van der Waals surface area contributed by atoms with Crippen LogP contribution in [0.4, 0.5) is 35.0 Å². The molecule has 0 aromatic heterocycles. The lowest BCUT2D eigenvalue weighted by Crippen LogP contribution is -2.43. The lowest BCUT2D eigenvalue weighted by atomic mass is 10.0. The van der Waals surface area contributed by atoms with E-state index in [0.29, 0.717) is 35.2 Å². The number of halogens is 3. The minimum absolute atomic E-state index is 0.0350. The summed E-state index contributed by atoms with van der Waals surface area (Å²) < 4.78 is 68.2. The maximum absolute atomic E-state index is 13.9. The summed E-state index contributed by atoms with van der Waals surface area (Å²) in [5.74, 6) is -2.90. The molecule has 3 aromatic carbocycles. The van der Waals surface area contributed by atoms with Gasteiger partial charge < -0.3 is 33.9 Å². The Balaban J connectivity index is 1.48. The van der Waals surface area contributed by atoms with Crippen LogP contribution in [0.1, 0.15) is 57.2 Å². The average molecular weight is 751 g/mol. The van der Waals surface area contributed by atoms with Crippen molar-refractivity contribution in [1.29, 1.82) is 5.26 Å². The van der Waals surface area contributed by atoms with Gasteiger partial charge in [0, 0.05) is 37.7 Å². The highest BCUT2D eigenvalue weighted by atomic mass is 19.4. The standard InChI is InChI=1S/C37H33F3N4O10/c1-20(45)51-30-15-23(19-43-35(49)44(34(48)36(43,3)4)25-12-9-22(18-41)27(16-25)37(38,39)40)28(17-31(30)52-21(2)46)42-24-10-13-26(14-11-24)53-32-8-6-7-29(54-32)33(47)50-5/h7,9-17,32,42H,6,8,19H2,1-5H3. The molecule has 1 unspecified atom stereocenters. The second kappa shape index (κ2) is 15.2. The van der Waals surface area contributed by atoms with Crippen LogP contribution in [0.5, 0.6) is 17.2 Å². The van der Waals surface area contributed by atoms with Crippen LogP contribution < -0.4 is 24.4 Å². The minimum atomic E-state index is -4.95. The number of hydrogen-bond donors (Lipinski definition) is 1. The summed E-state index contributed by atoms with van der Waals surface area (Å²) in [5, 5.41) is 12.4. The first-order valence-corrected chi connectivity index (χ1v) is 16.2. The first-order chi connectivity index (χ1) is 25.4. The molecule has 2 aliphatic heterocycles. The van der Waals surface area contributed by atoms with E-state index in [9.17, 15) is 42.4 Å². The summed E-state index contributed by atoms with van der Waals surface area (Å²) >= 11 is 0. The largest absolute Gasteiger partial charge is 0.463 e. The molecule has 14 nitrogen and oxygen atoms in total. The Kier molecular flexibility index (Phi) is 10.9. The number of nitriles is 1. The highest BCUT2D eigenvalue weighted by molar-refractivity contribution is 6.23. The van der Waals surface area contributed by atoms with Crippen molar-refractivity contribution in [2.75, 3.05) is 17.3 Å². The number of methoxy groups -OCH3 is 1. The fraction of sp³-hybridized carbons (Fsp3) is 0.297. The Labute approximate surface area is 306 Å². The van der Waals surface area contributed by atoms with Crippen LogP contribution in [0.15, 0.2) is 66.4 Å². The van der Waals surface area contributed by atoms with Gasteiger partial charge in [0.15, 0.2) is 11.5 Å². The summed E-state index contributed by atoms with van der Waals surface area (Å²) in [7, 11) is 1.23. The fourth-order valence-corrected chi connectivity index (χ4v) is 5.66. The van der Waals surface area contributed by atoms with E-state index >= 15 is 0 Å².